The quantitative estimate of drug-likeness (QED) is 0.852. The largest absolute Gasteiger partial charge is 0.494 e. The van der Waals surface area contributed by atoms with E-state index in [1.54, 1.807) is 6.07 Å². The zero-order valence-corrected chi connectivity index (χ0v) is 11.0. The predicted octanol–water partition coefficient (Wildman–Crippen LogP) is 1.69. The maximum atomic E-state index is 13.5. The van der Waals surface area contributed by atoms with E-state index >= 15 is 0 Å². The fraction of sp³-hybridized carbons (Fsp3) is 0.500. The molecule has 1 aromatic rings. The molecule has 0 spiro atoms. The van der Waals surface area contributed by atoms with Crippen LogP contribution >= 0.6 is 0 Å². The van der Waals surface area contributed by atoms with E-state index in [0.717, 1.165) is 19.3 Å². The first-order chi connectivity index (χ1) is 9.10. The van der Waals surface area contributed by atoms with Crippen molar-refractivity contribution < 1.29 is 13.9 Å². The first-order valence-electron chi connectivity index (χ1n) is 6.42. The maximum Gasteiger partial charge on any atom is 0.251 e. The second-order valence-electron chi connectivity index (χ2n) is 5.09. The van der Waals surface area contributed by atoms with Crippen LogP contribution in [0.5, 0.6) is 5.75 Å². The molecule has 1 fully saturated rings. The highest BCUT2D eigenvalue weighted by Crippen LogP contribution is 2.39. The van der Waals surface area contributed by atoms with Crippen molar-refractivity contribution in [1.82, 2.24) is 5.32 Å². The number of carbonyl (C=O) groups is 1. The molecule has 1 amide bonds. The van der Waals surface area contributed by atoms with Crippen LogP contribution in [0, 0.1) is 11.2 Å². The fourth-order valence-corrected chi connectivity index (χ4v) is 2.31. The number of ether oxygens (including phenoxy) is 1. The first kappa shape index (κ1) is 13.8. The predicted molar refractivity (Wildman–Crippen MR) is 70.6 cm³/mol. The van der Waals surface area contributed by atoms with Crippen LogP contribution in [-0.2, 0) is 0 Å². The number of amides is 1. The Kier molecular flexibility index (Phi) is 4.04. The lowest BCUT2D eigenvalue weighted by molar-refractivity contribution is 0.0876. The van der Waals surface area contributed by atoms with Gasteiger partial charge in [0.25, 0.3) is 5.91 Å². The highest BCUT2D eigenvalue weighted by Gasteiger charge is 2.35. The summed E-state index contributed by atoms with van der Waals surface area (Å²) in [4.78, 5) is 11.9. The summed E-state index contributed by atoms with van der Waals surface area (Å²) in [6.07, 6.45) is 3.24. The zero-order valence-electron chi connectivity index (χ0n) is 11.0. The van der Waals surface area contributed by atoms with Gasteiger partial charge in [-0.05, 0) is 43.0 Å². The number of nitrogens with one attached hydrogen (secondary N) is 1. The molecular weight excluding hydrogens is 247 g/mol. The summed E-state index contributed by atoms with van der Waals surface area (Å²) in [6, 6.07) is 4.18. The molecule has 0 heterocycles. The summed E-state index contributed by atoms with van der Waals surface area (Å²) in [7, 11) is 1.39. The lowest BCUT2D eigenvalue weighted by Gasteiger charge is -2.41. The van der Waals surface area contributed by atoms with Crippen molar-refractivity contribution in [3.63, 3.8) is 0 Å². The molecule has 5 heteroatoms. The fourth-order valence-electron chi connectivity index (χ4n) is 2.31. The molecule has 0 bridgehead atoms. The third-order valence-electron chi connectivity index (χ3n) is 3.89. The van der Waals surface area contributed by atoms with Gasteiger partial charge in [-0.25, -0.2) is 4.39 Å². The monoisotopic (exact) mass is 266 g/mol. The number of carbonyl (C=O) groups excluding carboxylic acids is 1. The highest BCUT2D eigenvalue weighted by molar-refractivity contribution is 5.94. The first-order valence-corrected chi connectivity index (χ1v) is 6.42. The van der Waals surface area contributed by atoms with E-state index in [1.807, 2.05) is 0 Å². The van der Waals surface area contributed by atoms with Gasteiger partial charge in [-0.2, -0.15) is 0 Å². The molecule has 0 aromatic heterocycles. The number of hydrogen-bond acceptors (Lipinski definition) is 3. The summed E-state index contributed by atoms with van der Waals surface area (Å²) >= 11 is 0. The van der Waals surface area contributed by atoms with Crippen molar-refractivity contribution >= 4 is 5.91 Å². The number of rotatable bonds is 5. The van der Waals surface area contributed by atoms with Gasteiger partial charge in [0, 0.05) is 12.1 Å². The van der Waals surface area contributed by atoms with E-state index in [9.17, 15) is 9.18 Å². The minimum atomic E-state index is -0.535. The van der Waals surface area contributed by atoms with Crippen molar-refractivity contribution in [2.45, 2.75) is 19.3 Å². The van der Waals surface area contributed by atoms with Crippen molar-refractivity contribution in [2.75, 3.05) is 20.2 Å². The van der Waals surface area contributed by atoms with Gasteiger partial charge in [-0.3, -0.25) is 4.79 Å². The van der Waals surface area contributed by atoms with Gasteiger partial charge in [0.1, 0.15) is 0 Å². The van der Waals surface area contributed by atoms with Crippen molar-refractivity contribution in [3.8, 4) is 5.75 Å². The van der Waals surface area contributed by atoms with Crippen molar-refractivity contribution in [3.05, 3.63) is 29.6 Å². The third-order valence-corrected chi connectivity index (χ3v) is 3.89. The summed E-state index contributed by atoms with van der Waals surface area (Å²) < 4.78 is 18.3. The molecule has 1 saturated carbocycles. The third kappa shape index (κ3) is 2.87. The Morgan fingerprint density at radius 1 is 1.53 bits per heavy atom. The van der Waals surface area contributed by atoms with Crippen LogP contribution < -0.4 is 15.8 Å². The molecule has 104 valence electrons. The number of nitrogens with two attached hydrogens (primary N) is 1. The van der Waals surface area contributed by atoms with E-state index in [4.69, 9.17) is 10.5 Å². The maximum absolute atomic E-state index is 13.5. The molecule has 2 rings (SSSR count). The van der Waals surface area contributed by atoms with Crippen LogP contribution in [0.4, 0.5) is 4.39 Å². The second-order valence-corrected chi connectivity index (χ2v) is 5.09. The Morgan fingerprint density at radius 2 is 2.26 bits per heavy atom. The van der Waals surface area contributed by atoms with E-state index in [-0.39, 0.29) is 17.1 Å². The van der Waals surface area contributed by atoms with Crippen LogP contribution in [0.25, 0.3) is 0 Å². The lowest BCUT2D eigenvalue weighted by Crippen LogP contribution is -2.46. The van der Waals surface area contributed by atoms with Gasteiger partial charge < -0.3 is 15.8 Å². The summed E-state index contributed by atoms with van der Waals surface area (Å²) in [5.74, 6) is -0.678. The summed E-state index contributed by atoms with van der Waals surface area (Å²) in [5, 5.41) is 2.83. The molecule has 0 aliphatic heterocycles. The molecule has 1 aliphatic carbocycles. The van der Waals surface area contributed by atoms with Gasteiger partial charge in [0.2, 0.25) is 0 Å². The van der Waals surface area contributed by atoms with Crippen molar-refractivity contribution in [2.24, 2.45) is 11.1 Å². The number of halogens is 1. The van der Waals surface area contributed by atoms with Crippen LogP contribution in [-0.4, -0.2) is 26.1 Å². The average molecular weight is 266 g/mol. The van der Waals surface area contributed by atoms with Crippen LogP contribution in [0.15, 0.2) is 18.2 Å². The molecule has 0 saturated heterocycles. The number of benzene rings is 1. The van der Waals surface area contributed by atoms with Gasteiger partial charge >= 0.3 is 0 Å². The number of hydrogen-bond donors (Lipinski definition) is 2. The molecule has 3 N–H and O–H groups in total. The lowest BCUT2D eigenvalue weighted by atomic mass is 9.69. The van der Waals surface area contributed by atoms with Gasteiger partial charge in [-0.1, -0.05) is 6.42 Å². The zero-order chi connectivity index (χ0) is 13.9. The summed E-state index contributed by atoms with van der Waals surface area (Å²) in [5.41, 5.74) is 6.07. The number of methoxy groups -OCH3 is 1. The summed E-state index contributed by atoms with van der Waals surface area (Å²) in [6.45, 7) is 1.13. The van der Waals surface area contributed by atoms with Crippen LogP contribution in [0.1, 0.15) is 29.6 Å². The van der Waals surface area contributed by atoms with Gasteiger partial charge in [0.15, 0.2) is 11.6 Å². The van der Waals surface area contributed by atoms with Crippen molar-refractivity contribution in [1.29, 1.82) is 0 Å². The highest BCUT2D eigenvalue weighted by atomic mass is 19.1. The molecule has 0 atom stereocenters. The average Bonchev–Trinajstić information content (AvgIpc) is 2.37. The van der Waals surface area contributed by atoms with Crippen LogP contribution in [0.2, 0.25) is 0 Å². The normalized spacial score (nSPS) is 16.6. The van der Waals surface area contributed by atoms with Gasteiger partial charge in [-0.15, -0.1) is 0 Å². The SMILES string of the molecule is COc1ccc(C(=O)NCC2(CN)CCC2)cc1F. The van der Waals surface area contributed by atoms with Crippen LogP contribution in [0.3, 0.4) is 0 Å². The van der Waals surface area contributed by atoms with Gasteiger partial charge in [0.05, 0.1) is 7.11 Å². The smallest absolute Gasteiger partial charge is 0.251 e. The van der Waals surface area contributed by atoms with E-state index in [0.29, 0.717) is 18.7 Å². The Hall–Kier alpha value is -1.62. The molecular formula is C14H19FN2O2. The molecule has 1 aliphatic rings. The molecule has 1 aromatic carbocycles. The van der Waals surface area contributed by atoms with E-state index in [1.165, 1.54) is 19.2 Å². The Labute approximate surface area is 112 Å². The van der Waals surface area contributed by atoms with E-state index < -0.39 is 5.82 Å². The molecule has 0 unspecified atom stereocenters. The van der Waals surface area contributed by atoms with E-state index in [2.05, 4.69) is 5.32 Å². The standard InChI is InChI=1S/C14H19FN2O2/c1-19-12-4-3-10(7-11(12)15)13(18)17-9-14(8-16)5-2-6-14/h3-4,7H,2,5-6,8-9,16H2,1H3,(H,17,18). The Bertz CT molecular complexity index is 467. The minimum absolute atomic E-state index is 0.0423. The topological polar surface area (TPSA) is 64.3 Å². The Balaban J connectivity index is 1.98. The second kappa shape index (κ2) is 5.57. The minimum Gasteiger partial charge on any atom is -0.494 e. The molecule has 19 heavy (non-hydrogen) atoms. The molecule has 4 nitrogen and oxygen atoms in total. The Morgan fingerprint density at radius 3 is 2.74 bits per heavy atom. The molecule has 0 radical (unpaired) electrons.